The summed E-state index contributed by atoms with van der Waals surface area (Å²) >= 11 is 0. The first kappa shape index (κ1) is 11.7. The molecule has 0 atom stereocenters. The van der Waals surface area contributed by atoms with Crippen LogP contribution in [0, 0.1) is 0 Å². The van der Waals surface area contributed by atoms with Crippen molar-refractivity contribution in [1.29, 1.82) is 0 Å². The summed E-state index contributed by atoms with van der Waals surface area (Å²) in [4.78, 5) is 9.06. The summed E-state index contributed by atoms with van der Waals surface area (Å²) in [5.74, 6) is 0.688. The second-order valence-corrected chi connectivity index (χ2v) is 4.86. The van der Waals surface area contributed by atoms with E-state index in [1.54, 1.807) is 12.1 Å². The number of para-hydroxylation sites is 2. The number of hydrogen-bond acceptors (Lipinski definition) is 4. The predicted octanol–water partition coefficient (Wildman–Crippen LogP) is 2.84. The number of fused-ring (bicyclic) bond motifs is 3. The number of nitrogens with zero attached hydrogens (tertiary/aromatic N) is 3. The quantitative estimate of drug-likeness (QED) is 0.414. The van der Waals surface area contributed by atoms with Crippen molar-refractivity contribution in [1.82, 2.24) is 14.4 Å². The lowest BCUT2D eigenvalue weighted by Gasteiger charge is -2.04. The number of phenolic OH excluding ortho intramolecular Hbond substituents is 1. The second-order valence-electron chi connectivity index (χ2n) is 4.86. The average Bonchev–Trinajstić information content (AvgIpc) is 2.87. The molecule has 102 valence electrons. The molecule has 0 aliphatic carbocycles. The molecule has 0 radical (unpaired) electrons. The van der Waals surface area contributed by atoms with Gasteiger partial charge >= 0.3 is 0 Å². The number of rotatable bonds is 1. The van der Waals surface area contributed by atoms with Gasteiger partial charge in [0, 0.05) is 11.8 Å². The summed E-state index contributed by atoms with van der Waals surface area (Å²) in [7, 11) is 0. The van der Waals surface area contributed by atoms with Crippen molar-refractivity contribution in [3.63, 3.8) is 0 Å². The number of aromatic nitrogens is 3. The van der Waals surface area contributed by atoms with E-state index < -0.39 is 0 Å². The first-order valence-electron chi connectivity index (χ1n) is 6.55. The summed E-state index contributed by atoms with van der Waals surface area (Å²) in [6.07, 6.45) is 1.93. The van der Waals surface area contributed by atoms with Crippen LogP contribution in [-0.4, -0.2) is 19.5 Å². The molecule has 0 aliphatic heterocycles. The number of nitrogens with two attached hydrogens (primary N) is 1. The number of imidazole rings is 1. The van der Waals surface area contributed by atoms with Gasteiger partial charge in [0.2, 0.25) is 5.78 Å². The molecule has 0 amide bonds. The highest BCUT2D eigenvalue weighted by molar-refractivity contribution is 5.80. The Morgan fingerprint density at radius 2 is 1.86 bits per heavy atom. The van der Waals surface area contributed by atoms with E-state index in [0.29, 0.717) is 11.5 Å². The molecule has 0 fully saturated rings. The Balaban J connectivity index is 1.94. The highest BCUT2D eigenvalue weighted by Crippen LogP contribution is 2.27. The lowest BCUT2D eigenvalue weighted by Crippen LogP contribution is -1.92. The number of aromatic hydroxyl groups is 1. The summed E-state index contributed by atoms with van der Waals surface area (Å²) in [5, 5.41) is 9.72. The van der Waals surface area contributed by atoms with E-state index in [2.05, 4.69) is 9.97 Å². The summed E-state index contributed by atoms with van der Waals surface area (Å²) in [6, 6.07) is 14.9. The van der Waals surface area contributed by atoms with Crippen LogP contribution in [0.25, 0.3) is 28.1 Å². The lowest BCUT2D eigenvalue weighted by molar-refractivity contribution is 0.478. The molecule has 4 rings (SSSR count). The van der Waals surface area contributed by atoms with Crippen LogP contribution >= 0.6 is 0 Å². The van der Waals surface area contributed by atoms with Crippen molar-refractivity contribution >= 4 is 22.5 Å². The van der Waals surface area contributed by atoms with Crippen molar-refractivity contribution in [2.45, 2.75) is 0 Å². The van der Waals surface area contributed by atoms with Crippen molar-refractivity contribution < 1.29 is 5.11 Å². The standard InChI is InChI=1S/C16H12N4O/c17-11-6-5-10(9-15(11)21)12-7-8-20-14-4-2-1-3-13(14)19-16(20)18-12/h1-9,21H,17H2. The number of benzene rings is 2. The number of hydrogen-bond donors (Lipinski definition) is 2. The zero-order chi connectivity index (χ0) is 14.4. The van der Waals surface area contributed by atoms with Crippen molar-refractivity contribution in [3.8, 4) is 17.0 Å². The Bertz CT molecular complexity index is 975. The summed E-state index contributed by atoms with van der Waals surface area (Å²) < 4.78 is 1.94. The van der Waals surface area contributed by atoms with Crippen LogP contribution in [0.1, 0.15) is 0 Å². The van der Waals surface area contributed by atoms with Gasteiger partial charge in [0.05, 0.1) is 22.4 Å². The van der Waals surface area contributed by atoms with Crippen molar-refractivity contribution in [2.24, 2.45) is 0 Å². The molecular formula is C16H12N4O. The van der Waals surface area contributed by atoms with E-state index in [1.165, 1.54) is 0 Å². The van der Waals surface area contributed by atoms with E-state index in [-0.39, 0.29) is 5.75 Å². The Kier molecular flexibility index (Phi) is 2.35. The molecule has 21 heavy (non-hydrogen) atoms. The molecule has 5 heteroatoms. The Hall–Kier alpha value is -3.08. The molecule has 5 nitrogen and oxygen atoms in total. The van der Waals surface area contributed by atoms with Gasteiger partial charge in [-0.05, 0) is 30.3 Å². The molecule has 0 unspecified atom stereocenters. The number of nitrogen functional groups attached to an aromatic ring is 1. The molecule has 0 aliphatic rings. The van der Waals surface area contributed by atoms with Gasteiger partial charge in [0.15, 0.2) is 0 Å². The van der Waals surface area contributed by atoms with Gasteiger partial charge in [-0.25, -0.2) is 9.97 Å². The smallest absolute Gasteiger partial charge is 0.235 e. The Labute approximate surface area is 120 Å². The molecule has 3 N–H and O–H groups in total. The normalized spacial score (nSPS) is 11.2. The largest absolute Gasteiger partial charge is 0.506 e. The molecule has 0 saturated carbocycles. The molecule has 2 aromatic carbocycles. The van der Waals surface area contributed by atoms with E-state index in [9.17, 15) is 5.11 Å². The summed E-state index contributed by atoms with van der Waals surface area (Å²) in [5.41, 5.74) is 9.45. The number of anilines is 1. The average molecular weight is 276 g/mol. The minimum absolute atomic E-state index is 0.0580. The third-order valence-electron chi connectivity index (χ3n) is 3.51. The molecule has 0 saturated heterocycles. The summed E-state index contributed by atoms with van der Waals surface area (Å²) in [6.45, 7) is 0. The number of phenols is 1. The van der Waals surface area contributed by atoms with Crippen LogP contribution < -0.4 is 5.73 Å². The molecule has 4 aromatic rings. The molecular weight excluding hydrogens is 264 g/mol. The van der Waals surface area contributed by atoms with Crippen LogP contribution in [0.3, 0.4) is 0 Å². The highest BCUT2D eigenvalue weighted by atomic mass is 16.3. The molecule has 0 bridgehead atoms. The van der Waals surface area contributed by atoms with Gasteiger partial charge in [-0.3, -0.25) is 4.40 Å². The monoisotopic (exact) mass is 276 g/mol. The molecule has 2 aromatic heterocycles. The molecule has 2 heterocycles. The maximum Gasteiger partial charge on any atom is 0.235 e. The van der Waals surface area contributed by atoms with Gasteiger partial charge < -0.3 is 10.8 Å². The Morgan fingerprint density at radius 3 is 2.71 bits per heavy atom. The fourth-order valence-electron chi connectivity index (χ4n) is 2.41. The van der Waals surface area contributed by atoms with Crippen molar-refractivity contribution in [3.05, 3.63) is 54.7 Å². The second kappa shape index (κ2) is 4.21. The van der Waals surface area contributed by atoms with Crippen LogP contribution in [0.4, 0.5) is 5.69 Å². The van der Waals surface area contributed by atoms with E-state index in [0.717, 1.165) is 22.3 Å². The maximum absolute atomic E-state index is 9.72. The van der Waals surface area contributed by atoms with Gasteiger partial charge in [-0.15, -0.1) is 0 Å². The predicted molar refractivity (Wildman–Crippen MR) is 82.0 cm³/mol. The van der Waals surface area contributed by atoms with E-state index >= 15 is 0 Å². The lowest BCUT2D eigenvalue weighted by atomic mass is 10.1. The van der Waals surface area contributed by atoms with Crippen LogP contribution in [-0.2, 0) is 0 Å². The first-order valence-corrected chi connectivity index (χ1v) is 6.55. The van der Waals surface area contributed by atoms with Gasteiger partial charge in [0.1, 0.15) is 5.75 Å². The fraction of sp³-hybridized carbons (Fsp3) is 0. The van der Waals surface area contributed by atoms with Crippen LogP contribution in [0.2, 0.25) is 0 Å². The van der Waals surface area contributed by atoms with E-state index in [4.69, 9.17) is 5.73 Å². The van der Waals surface area contributed by atoms with Gasteiger partial charge in [0.25, 0.3) is 0 Å². The van der Waals surface area contributed by atoms with E-state index in [1.807, 2.05) is 47.0 Å². The maximum atomic E-state index is 9.72. The SMILES string of the molecule is Nc1ccc(-c2ccn3c(n2)nc2ccccc23)cc1O. The van der Waals surface area contributed by atoms with Crippen molar-refractivity contribution in [2.75, 3.05) is 5.73 Å². The minimum Gasteiger partial charge on any atom is -0.506 e. The zero-order valence-electron chi connectivity index (χ0n) is 11.1. The topological polar surface area (TPSA) is 76.4 Å². The Morgan fingerprint density at radius 1 is 1.00 bits per heavy atom. The van der Waals surface area contributed by atoms with Crippen LogP contribution in [0.5, 0.6) is 5.75 Å². The third kappa shape index (κ3) is 1.79. The van der Waals surface area contributed by atoms with Crippen LogP contribution in [0.15, 0.2) is 54.7 Å². The minimum atomic E-state index is 0.0580. The zero-order valence-corrected chi connectivity index (χ0v) is 11.1. The molecule has 0 spiro atoms. The first-order chi connectivity index (χ1) is 10.2. The third-order valence-corrected chi connectivity index (χ3v) is 3.51. The highest BCUT2D eigenvalue weighted by Gasteiger charge is 2.08. The van der Waals surface area contributed by atoms with Gasteiger partial charge in [-0.2, -0.15) is 0 Å². The van der Waals surface area contributed by atoms with Gasteiger partial charge in [-0.1, -0.05) is 18.2 Å². The fourth-order valence-corrected chi connectivity index (χ4v) is 2.41.